The molecule has 1 heterocycles. The zero-order valence-corrected chi connectivity index (χ0v) is 12.3. The number of aromatic nitrogens is 1. The summed E-state index contributed by atoms with van der Waals surface area (Å²) in [4.78, 5) is 12.7. The van der Waals surface area contributed by atoms with Gasteiger partial charge in [-0.1, -0.05) is 0 Å². The standard InChI is InChI=1S/C16H24N2O2/c1-20-9-8-17-11-13-10-12-4-2-3-5-15(12)18(16(13)19)14-6-7-14/h10,14,17H,2-9,11H2,1H3. The van der Waals surface area contributed by atoms with E-state index >= 15 is 0 Å². The first-order valence-electron chi connectivity index (χ1n) is 7.77. The molecule has 0 bridgehead atoms. The Morgan fingerprint density at radius 3 is 2.90 bits per heavy atom. The summed E-state index contributed by atoms with van der Waals surface area (Å²) in [6, 6.07) is 2.63. The summed E-state index contributed by atoms with van der Waals surface area (Å²) in [5, 5.41) is 3.30. The Morgan fingerprint density at radius 1 is 1.35 bits per heavy atom. The smallest absolute Gasteiger partial charge is 0.255 e. The number of nitrogens with zero attached hydrogens (tertiary/aromatic N) is 1. The largest absolute Gasteiger partial charge is 0.383 e. The predicted octanol–water partition coefficient (Wildman–Crippen LogP) is 1.80. The second-order valence-corrected chi connectivity index (χ2v) is 5.92. The lowest BCUT2D eigenvalue weighted by Crippen LogP contribution is -2.32. The van der Waals surface area contributed by atoms with E-state index in [1.807, 2.05) is 0 Å². The topological polar surface area (TPSA) is 43.3 Å². The fraction of sp³-hybridized carbons (Fsp3) is 0.688. The molecule has 1 aromatic heterocycles. The van der Waals surface area contributed by atoms with E-state index in [-0.39, 0.29) is 5.56 Å². The van der Waals surface area contributed by atoms with Crippen LogP contribution in [0.4, 0.5) is 0 Å². The summed E-state index contributed by atoms with van der Waals surface area (Å²) in [6.45, 7) is 2.13. The number of hydrogen-bond acceptors (Lipinski definition) is 3. The number of fused-ring (bicyclic) bond motifs is 1. The average Bonchev–Trinajstić information content (AvgIpc) is 3.28. The molecular formula is C16H24N2O2. The monoisotopic (exact) mass is 276 g/mol. The van der Waals surface area contributed by atoms with Gasteiger partial charge in [0.1, 0.15) is 0 Å². The Bertz CT molecular complexity index is 532. The molecule has 4 heteroatoms. The molecule has 3 rings (SSSR count). The Hall–Kier alpha value is -1.13. The third kappa shape index (κ3) is 2.81. The van der Waals surface area contributed by atoms with Crippen LogP contribution in [0.3, 0.4) is 0 Å². The van der Waals surface area contributed by atoms with Gasteiger partial charge in [-0.3, -0.25) is 4.79 Å². The molecule has 1 aromatic rings. The van der Waals surface area contributed by atoms with Crippen molar-refractivity contribution in [3.8, 4) is 0 Å². The molecule has 2 aliphatic carbocycles. The molecule has 1 saturated carbocycles. The number of rotatable bonds is 6. The highest BCUT2D eigenvalue weighted by molar-refractivity contribution is 5.30. The number of aryl methyl sites for hydroxylation is 1. The minimum atomic E-state index is 0.234. The molecule has 1 N–H and O–H groups in total. The van der Waals surface area contributed by atoms with Crippen molar-refractivity contribution in [1.82, 2.24) is 9.88 Å². The molecule has 20 heavy (non-hydrogen) atoms. The van der Waals surface area contributed by atoms with Crippen LogP contribution in [0.15, 0.2) is 10.9 Å². The van der Waals surface area contributed by atoms with Gasteiger partial charge in [0.25, 0.3) is 5.56 Å². The molecule has 2 aliphatic rings. The summed E-state index contributed by atoms with van der Waals surface area (Å²) in [7, 11) is 1.70. The molecule has 4 nitrogen and oxygen atoms in total. The molecule has 0 aromatic carbocycles. The Balaban J connectivity index is 1.86. The summed E-state index contributed by atoms with van der Waals surface area (Å²) in [5.74, 6) is 0. The SMILES string of the molecule is COCCNCc1cc2c(n(C3CC3)c1=O)CCCC2. The highest BCUT2D eigenvalue weighted by Crippen LogP contribution is 2.36. The molecule has 110 valence electrons. The van der Waals surface area contributed by atoms with Crippen molar-refractivity contribution in [2.75, 3.05) is 20.3 Å². The minimum Gasteiger partial charge on any atom is -0.383 e. The van der Waals surface area contributed by atoms with E-state index in [1.165, 1.54) is 36.9 Å². The van der Waals surface area contributed by atoms with E-state index in [9.17, 15) is 4.79 Å². The summed E-state index contributed by atoms with van der Waals surface area (Å²) >= 11 is 0. The Labute approximate surface area is 120 Å². The minimum absolute atomic E-state index is 0.234. The van der Waals surface area contributed by atoms with Crippen molar-refractivity contribution in [1.29, 1.82) is 0 Å². The van der Waals surface area contributed by atoms with E-state index in [0.717, 1.165) is 24.9 Å². The quantitative estimate of drug-likeness (QED) is 0.806. The fourth-order valence-corrected chi connectivity index (χ4v) is 3.14. The lowest BCUT2D eigenvalue weighted by atomic mass is 9.94. The van der Waals surface area contributed by atoms with Crippen LogP contribution in [0, 0.1) is 0 Å². The molecule has 0 atom stereocenters. The normalized spacial score (nSPS) is 18.1. The molecular weight excluding hydrogens is 252 g/mol. The van der Waals surface area contributed by atoms with Crippen LogP contribution in [0.2, 0.25) is 0 Å². The van der Waals surface area contributed by atoms with E-state index in [2.05, 4.69) is 16.0 Å². The van der Waals surface area contributed by atoms with Crippen LogP contribution in [0.1, 0.15) is 48.5 Å². The first-order valence-corrected chi connectivity index (χ1v) is 7.77. The lowest BCUT2D eigenvalue weighted by Gasteiger charge is -2.22. The van der Waals surface area contributed by atoms with E-state index in [4.69, 9.17) is 4.74 Å². The molecule has 0 saturated heterocycles. The molecule has 0 radical (unpaired) electrons. The van der Waals surface area contributed by atoms with Gasteiger partial charge in [0.15, 0.2) is 0 Å². The van der Waals surface area contributed by atoms with Crippen LogP contribution in [0.5, 0.6) is 0 Å². The maximum Gasteiger partial charge on any atom is 0.255 e. The second-order valence-electron chi connectivity index (χ2n) is 5.92. The molecule has 0 unspecified atom stereocenters. The highest BCUT2D eigenvalue weighted by atomic mass is 16.5. The molecule has 0 spiro atoms. The van der Waals surface area contributed by atoms with Gasteiger partial charge in [0, 0.05) is 37.5 Å². The summed E-state index contributed by atoms with van der Waals surface area (Å²) < 4.78 is 7.14. The van der Waals surface area contributed by atoms with Crippen LogP contribution < -0.4 is 10.9 Å². The van der Waals surface area contributed by atoms with Gasteiger partial charge in [-0.2, -0.15) is 0 Å². The summed E-state index contributed by atoms with van der Waals surface area (Å²) in [6.07, 6.45) is 7.04. The number of nitrogens with one attached hydrogen (secondary N) is 1. The summed E-state index contributed by atoms with van der Waals surface area (Å²) in [5.41, 5.74) is 3.89. The Morgan fingerprint density at radius 2 is 2.15 bits per heavy atom. The third-order valence-corrected chi connectivity index (χ3v) is 4.32. The number of pyridine rings is 1. The van der Waals surface area contributed by atoms with Gasteiger partial charge in [0.2, 0.25) is 0 Å². The van der Waals surface area contributed by atoms with Crippen molar-refractivity contribution in [3.05, 3.63) is 33.2 Å². The van der Waals surface area contributed by atoms with Gasteiger partial charge in [0.05, 0.1) is 6.61 Å². The average molecular weight is 276 g/mol. The fourth-order valence-electron chi connectivity index (χ4n) is 3.14. The highest BCUT2D eigenvalue weighted by Gasteiger charge is 2.29. The van der Waals surface area contributed by atoms with Crippen molar-refractivity contribution in [2.24, 2.45) is 0 Å². The number of methoxy groups -OCH3 is 1. The van der Waals surface area contributed by atoms with E-state index in [0.29, 0.717) is 19.2 Å². The first kappa shape index (κ1) is 13.8. The first-order chi connectivity index (χ1) is 9.81. The van der Waals surface area contributed by atoms with Crippen molar-refractivity contribution >= 4 is 0 Å². The van der Waals surface area contributed by atoms with Crippen LogP contribution >= 0.6 is 0 Å². The zero-order valence-electron chi connectivity index (χ0n) is 12.3. The van der Waals surface area contributed by atoms with Crippen molar-refractivity contribution < 1.29 is 4.74 Å². The third-order valence-electron chi connectivity index (χ3n) is 4.32. The molecule has 0 aliphatic heterocycles. The van der Waals surface area contributed by atoms with Crippen molar-refractivity contribution in [3.63, 3.8) is 0 Å². The van der Waals surface area contributed by atoms with Gasteiger partial charge in [-0.05, 0) is 50.2 Å². The van der Waals surface area contributed by atoms with Gasteiger partial charge >= 0.3 is 0 Å². The van der Waals surface area contributed by atoms with Crippen LogP contribution in [0.25, 0.3) is 0 Å². The zero-order chi connectivity index (χ0) is 13.9. The molecule has 0 amide bonds. The van der Waals surface area contributed by atoms with Gasteiger partial charge < -0.3 is 14.6 Å². The van der Waals surface area contributed by atoms with Crippen molar-refractivity contribution in [2.45, 2.75) is 51.1 Å². The number of ether oxygens (including phenoxy) is 1. The lowest BCUT2D eigenvalue weighted by molar-refractivity contribution is 0.199. The maximum atomic E-state index is 12.7. The Kier molecular flexibility index (Phi) is 4.22. The van der Waals surface area contributed by atoms with Crippen LogP contribution in [-0.2, 0) is 24.1 Å². The van der Waals surface area contributed by atoms with Gasteiger partial charge in [-0.25, -0.2) is 0 Å². The van der Waals surface area contributed by atoms with Gasteiger partial charge in [-0.15, -0.1) is 0 Å². The predicted molar refractivity (Wildman–Crippen MR) is 79.2 cm³/mol. The maximum absolute atomic E-state index is 12.7. The number of hydrogen-bond donors (Lipinski definition) is 1. The van der Waals surface area contributed by atoms with E-state index in [1.54, 1.807) is 7.11 Å². The van der Waals surface area contributed by atoms with E-state index < -0.39 is 0 Å². The second kappa shape index (κ2) is 6.10. The molecule has 1 fully saturated rings. The van der Waals surface area contributed by atoms with Crippen LogP contribution in [-0.4, -0.2) is 24.8 Å².